The van der Waals surface area contributed by atoms with Gasteiger partial charge in [-0.3, -0.25) is 4.98 Å². The summed E-state index contributed by atoms with van der Waals surface area (Å²) in [5.41, 5.74) is 1.41. The van der Waals surface area contributed by atoms with Crippen LogP contribution in [0.1, 0.15) is 20.8 Å². The van der Waals surface area contributed by atoms with Crippen LogP contribution in [0.5, 0.6) is 0 Å². The third kappa shape index (κ3) is 3.84. The van der Waals surface area contributed by atoms with Crippen LogP contribution < -0.4 is 4.90 Å². The molecule has 1 aliphatic heterocycles. The quantitative estimate of drug-likeness (QED) is 0.916. The van der Waals surface area contributed by atoms with Crippen molar-refractivity contribution in [3.05, 3.63) is 30.7 Å². The molecule has 1 fully saturated rings. The van der Waals surface area contributed by atoms with Crippen LogP contribution in [0.2, 0.25) is 0 Å². The molecule has 0 bridgehead atoms. The van der Waals surface area contributed by atoms with Gasteiger partial charge in [-0.2, -0.15) is 0 Å². The third-order valence-corrected chi connectivity index (χ3v) is 3.79. The maximum atomic E-state index is 12.1. The lowest BCUT2D eigenvalue weighted by atomic mass is 10.2. The maximum Gasteiger partial charge on any atom is 0.410 e. The number of rotatable bonds is 2. The molecule has 7 nitrogen and oxygen atoms in total. The zero-order valence-corrected chi connectivity index (χ0v) is 14.3. The number of carbonyl (C=O) groups is 1. The van der Waals surface area contributed by atoms with E-state index in [4.69, 9.17) is 4.74 Å². The van der Waals surface area contributed by atoms with E-state index >= 15 is 0 Å². The number of nitrogens with one attached hydrogen (secondary N) is 1. The first-order chi connectivity index (χ1) is 11.4. The Morgan fingerprint density at radius 3 is 2.46 bits per heavy atom. The number of H-pyrrole nitrogens is 1. The molecule has 3 rings (SSSR count). The van der Waals surface area contributed by atoms with Crippen molar-refractivity contribution in [3.8, 4) is 11.5 Å². The minimum atomic E-state index is -0.459. The summed E-state index contributed by atoms with van der Waals surface area (Å²) in [7, 11) is 0. The van der Waals surface area contributed by atoms with Crippen molar-refractivity contribution in [1.29, 1.82) is 0 Å². The first kappa shape index (κ1) is 16.3. The Hall–Kier alpha value is -2.57. The number of hydrogen-bond donors (Lipinski definition) is 1. The lowest BCUT2D eigenvalue weighted by Crippen LogP contribution is -2.50. The van der Waals surface area contributed by atoms with Crippen LogP contribution >= 0.6 is 0 Å². The highest BCUT2D eigenvalue weighted by atomic mass is 16.6. The molecule has 0 aliphatic carbocycles. The maximum absolute atomic E-state index is 12.1. The Balaban J connectivity index is 1.58. The number of ether oxygens (including phenoxy) is 1. The Bertz CT molecular complexity index is 668. The second kappa shape index (κ2) is 6.51. The molecule has 0 saturated carbocycles. The van der Waals surface area contributed by atoms with E-state index in [0.29, 0.717) is 13.1 Å². The number of aromatic amines is 1. The largest absolute Gasteiger partial charge is 0.444 e. The fourth-order valence-electron chi connectivity index (χ4n) is 2.59. The highest BCUT2D eigenvalue weighted by Crippen LogP contribution is 2.20. The number of piperazine rings is 1. The van der Waals surface area contributed by atoms with E-state index in [1.54, 1.807) is 17.3 Å². The lowest BCUT2D eigenvalue weighted by molar-refractivity contribution is 0.0240. The van der Waals surface area contributed by atoms with Gasteiger partial charge in [-0.25, -0.2) is 9.78 Å². The van der Waals surface area contributed by atoms with E-state index in [-0.39, 0.29) is 6.09 Å². The molecule has 0 aromatic carbocycles. The standard InChI is InChI=1S/C17H23N5O2/c1-17(2,3)24-16(23)22-10-8-21(9-11-22)13-4-5-14(20-12-13)15-18-6-7-19-15/h4-7,12H,8-11H2,1-3H3,(H,18,19). The van der Waals surface area contributed by atoms with Gasteiger partial charge in [0.1, 0.15) is 11.3 Å². The second-order valence-corrected chi connectivity index (χ2v) is 6.79. The molecule has 1 aliphatic rings. The molecule has 3 heterocycles. The average molecular weight is 329 g/mol. The van der Waals surface area contributed by atoms with Gasteiger partial charge in [0.2, 0.25) is 0 Å². The molecule has 0 unspecified atom stereocenters. The minimum absolute atomic E-state index is 0.242. The Morgan fingerprint density at radius 1 is 1.17 bits per heavy atom. The minimum Gasteiger partial charge on any atom is -0.444 e. The molecule has 0 radical (unpaired) electrons. The number of nitrogens with zero attached hydrogens (tertiary/aromatic N) is 4. The first-order valence-electron chi connectivity index (χ1n) is 8.11. The molecule has 0 spiro atoms. The lowest BCUT2D eigenvalue weighted by Gasteiger charge is -2.36. The van der Waals surface area contributed by atoms with Crippen LogP contribution in [0.15, 0.2) is 30.7 Å². The van der Waals surface area contributed by atoms with E-state index in [9.17, 15) is 4.79 Å². The molecule has 1 amide bonds. The summed E-state index contributed by atoms with van der Waals surface area (Å²) >= 11 is 0. The van der Waals surface area contributed by atoms with Crippen LogP contribution in [0.4, 0.5) is 10.5 Å². The monoisotopic (exact) mass is 329 g/mol. The number of imidazole rings is 1. The van der Waals surface area contributed by atoms with Gasteiger partial charge >= 0.3 is 6.09 Å². The van der Waals surface area contributed by atoms with Crippen molar-refractivity contribution < 1.29 is 9.53 Å². The van der Waals surface area contributed by atoms with Gasteiger partial charge in [0.15, 0.2) is 5.82 Å². The average Bonchev–Trinajstić information content (AvgIpc) is 3.08. The molecule has 7 heteroatoms. The number of carbonyl (C=O) groups excluding carboxylic acids is 1. The number of amides is 1. The van der Waals surface area contributed by atoms with E-state index in [2.05, 4.69) is 19.9 Å². The number of anilines is 1. The highest BCUT2D eigenvalue weighted by molar-refractivity contribution is 5.68. The summed E-state index contributed by atoms with van der Waals surface area (Å²) in [5, 5.41) is 0. The van der Waals surface area contributed by atoms with Crippen molar-refractivity contribution >= 4 is 11.8 Å². The van der Waals surface area contributed by atoms with Gasteiger partial charge in [-0.15, -0.1) is 0 Å². The zero-order chi connectivity index (χ0) is 17.2. The summed E-state index contributed by atoms with van der Waals surface area (Å²) in [5.74, 6) is 0.760. The molecular weight excluding hydrogens is 306 g/mol. The molecule has 2 aromatic rings. The Morgan fingerprint density at radius 2 is 1.92 bits per heavy atom. The van der Waals surface area contributed by atoms with Gasteiger partial charge in [0.25, 0.3) is 0 Å². The second-order valence-electron chi connectivity index (χ2n) is 6.79. The van der Waals surface area contributed by atoms with Crippen molar-refractivity contribution in [3.63, 3.8) is 0 Å². The predicted octanol–water partition coefficient (Wildman–Crippen LogP) is 2.53. The molecule has 0 atom stereocenters. The van der Waals surface area contributed by atoms with Crippen molar-refractivity contribution in [2.75, 3.05) is 31.1 Å². The van der Waals surface area contributed by atoms with Crippen molar-refractivity contribution in [2.45, 2.75) is 26.4 Å². The van der Waals surface area contributed by atoms with Crippen molar-refractivity contribution in [2.24, 2.45) is 0 Å². The van der Waals surface area contributed by atoms with Crippen LogP contribution in [-0.4, -0.2) is 57.7 Å². The molecule has 24 heavy (non-hydrogen) atoms. The normalized spacial score (nSPS) is 15.5. The number of hydrogen-bond acceptors (Lipinski definition) is 5. The summed E-state index contributed by atoms with van der Waals surface area (Å²) in [6.45, 7) is 8.47. The van der Waals surface area contributed by atoms with E-state index in [1.165, 1.54) is 0 Å². The fraction of sp³-hybridized carbons (Fsp3) is 0.471. The van der Waals surface area contributed by atoms with Gasteiger partial charge in [-0.1, -0.05) is 0 Å². The smallest absolute Gasteiger partial charge is 0.410 e. The predicted molar refractivity (Wildman–Crippen MR) is 91.8 cm³/mol. The number of aromatic nitrogens is 3. The van der Waals surface area contributed by atoms with Gasteiger partial charge < -0.3 is 19.5 Å². The molecular formula is C17H23N5O2. The SMILES string of the molecule is CC(C)(C)OC(=O)N1CCN(c2ccc(-c3ncc[nH]3)nc2)CC1. The summed E-state index contributed by atoms with van der Waals surface area (Å²) in [6.07, 6.45) is 5.09. The summed E-state index contributed by atoms with van der Waals surface area (Å²) in [4.78, 5) is 27.8. The van der Waals surface area contributed by atoms with Gasteiger partial charge in [0, 0.05) is 38.6 Å². The molecule has 1 saturated heterocycles. The molecule has 1 N–H and O–H groups in total. The number of pyridine rings is 1. The molecule has 2 aromatic heterocycles. The van der Waals surface area contributed by atoms with Crippen LogP contribution in [-0.2, 0) is 4.74 Å². The van der Waals surface area contributed by atoms with Crippen LogP contribution in [0.25, 0.3) is 11.5 Å². The van der Waals surface area contributed by atoms with E-state index in [1.807, 2.05) is 39.1 Å². The highest BCUT2D eigenvalue weighted by Gasteiger charge is 2.26. The fourth-order valence-corrected chi connectivity index (χ4v) is 2.59. The third-order valence-electron chi connectivity index (χ3n) is 3.79. The van der Waals surface area contributed by atoms with E-state index < -0.39 is 5.60 Å². The Labute approximate surface area is 141 Å². The first-order valence-corrected chi connectivity index (χ1v) is 8.11. The topological polar surface area (TPSA) is 74.3 Å². The zero-order valence-electron chi connectivity index (χ0n) is 14.3. The van der Waals surface area contributed by atoms with Crippen LogP contribution in [0.3, 0.4) is 0 Å². The van der Waals surface area contributed by atoms with Gasteiger partial charge in [0.05, 0.1) is 11.9 Å². The Kier molecular flexibility index (Phi) is 4.42. The van der Waals surface area contributed by atoms with Crippen molar-refractivity contribution in [1.82, 2.24) is 19.9 Å². The summed E-state index contributed by atoms with van der Waals surface area (Å²) in [6, 6.07) is 3.99. The summed E-state index contributed by atoms with van der Waals surface area (Å²) < 4.78 is 5.42. The van der Waals surface area contributed by atoms with E-state index in [0.717, 1.165) is 30.3 Å². The molecule has 128 valence electrons. The van der Waals surface area contributed by atoms with Crippen LogP contribution in [0, 0.1) is 0 Å². The van der Waals surface area contributed by atoms with Gasteiger partial charge in [-0.05, 0) is 32.9 Å².